The van der Waals surface area contributed by atoms with Crippen LogP contribution >= 0.6 is 7.60 Å². The van der Waals surface area contributed by atoms with E-state index in [-0.39, 0.29) is 17.9 Å². The van der Waals surface area contributed by atoms with Crippen molar-refractivity contribution in [1.82, 2.24) is 0 Å². The van der Waals surface area contributed by atoms with Crippen molar-refractivity contribution in [3.8, 4) is 0 Å². The highest BCUT2D eigenvalue weighted by Crippen LogP contribution is 2.58. The molecule has 24 heavy (non-hydrogen) atoms. The van der Waals surface area contributed by atoms with Crippen molar-refractivity contribution in [2.45, 2.75) is 18.7 Å². The molecular weight excluding hydrogens is 343 g/mol. The van der Waals surface area contributed by atoms with Crippen LogP contribution in [0.2, 0.25) is 0 Å². The van der Waals surface area contributed by atoms with Gasteiger partial charge in [-0.2, -0.15) is 0 Å². The Balaban J connectivity index is 2.55. The van der Waals surface area contributed by atoms with Gasteiger partial charge in [0.2, 0.25) is 0 Å². The molecule has 0 bridgehead atoms. The Labute approximate surface area is 145 Å². The minimum Gasteiger partial charge on any atom is -0.305 e. The Morgan fingerprint density at radius 2 is 1.46 bits per heavy atom. The van der Waals surface area contributed by atoms with Crippen molar-refractivity contribution >= 4 is 24.5 Å². The fourth-order valence-corrected chi connectivity index (χ4v) is 5.75. The van der Waals surface area contributed by atoms with Gasteiger partial charge in [0.05, 0.1) is 24.0 Å². The topological polar surface area (TPSA) is 52.6 Å². The molecular formula is C18H21O4PS. The molecule has 0 aromatic heterocycles. The van der Waals surface area contributed by atoms with Crippen molar-refractivity contribution in [1.29, 1.82) is 0 Å². The number of hydrogen-bond acceptors (Lipinski definition) is 4. The summed E-state index contributed by atoms with van der Waals surface area (Å²) < 4.78 is 37.3. The standard InChI is InChI=1S/C18H21O4PS/c1-3-21-23(19,22-4-2)18(15-16-11-7-5-8-12-16)24(20)17-13-9-6-10-14-17/h5-15H,3-4H2,1-2H3/b18-15+. The molecule has 0 aliphatic carbocycles. The van der Waals surface area contributed by atoms with E-state index in [0.29, 0.717) is 4.90 Å². The lowest BCUT2D eigenvalue weighted by Crippen LogP contribution is -2.04. The van der Waals surface area contributed by atoms with Crippen LogP contribution in [0.5, 0.6) is 0 Å². The summed E-state index contributed by atoms with van der Waals surface area (Å²) in [6.07, 6.45) is 1.63. The second-order valence-electron chi connectivity index (χ2n) is 4.81. The molecule has 6 heteroatoms. The maximum Gasteiger partial charge on any atom is 0.370 e. The second kappa shape index (κ2) is 9.09. The highest BCUT2D eigenvalue weighted by molar-refractivity contribution is 7.98. The lowest BCUT2D eigenvalue weighted by atomic mass is 10.2. The minimum absolute atomic E-state index is 0.156. The largest absolute Gasteiger partial charge is 0.370 e. The Morgan fingerprint density at radius 1 is 0.958 bits per heavy atom. The van der Waals surface area contributed by atoms with Crippen LogP contribution in [0, 0.1) is 0 Å². The summed E-state index contributed by atoms with van der Waals surface area (Å²) in [5.74, 6) is 0. The van der Waals surface area contributed by atoms with Crippen molar-refractivity contribution < 1.29 is 17.8 Å². The van der Waals surface area contributed by atoms with E-state index in [1.807, 2.05) is 36.4 Å². The molecule has 4 nitrogen and oxygen atoms in total. The van der Waals surface area contributed by atoms with Crippen molar-refractivity contribution in [3.05, 3.63) is 70.9 Å². The monoisotopic (exact) mass is 364 g/mol. The average Bonchev–Trinajstić information content (AvgIpc) is 2.61. The predicted octanol–water partition coefficient (Wildman–Crippen LogP) is 5.06. The number of hydrogen-bond donors (Lipinski definition) is 0. The molecule has 0 fully saturated rings. The molecule has 0 spiro atoms. The van der Waals surface area contributed by atoms with Gasteiger partial charge in [-0.1, -0.05) is 48.5 Å². The molecule has 1 unspecified atom stereocenters. The quantitative estimate of drug-likeness (QED) is 0.615. The second-order valence-corrected chi connectivity index (χ2v) is 8.55. The van der Waals surface area contributed by atoms with Gasteiger partial charge in [0.1, 0.15) is 4.65 Å². The Hall–Kier alpha value is -1.52. The third-order valence-electron chi connectivity index (χ3n) is 3.10. The van der Waals surface area contributed by atoms with E-state index in [0.717, 1.165) is 5.56 Å². The Morgan fingerprint density at radius 3 is 1.96 bits per heavy atom. The smallest absolute Gasteiger partial charge is 0.305 e. The lowest BCUT2D eigenvalue weighted by molar-refractivity contribution is 0.228. The van der Waals surface area contributed by atoms with E-state index < -0.39 is 18.4 Å². The van der Waals surface area contributed by atoms with Gasteiger partial charge in [-0.3, -0.25) is 4.57 Å². The van der Waals surface area contributed by atoms with E-state index in [1.165, 1.54) is 0 Å². The van der Waals surface area contributed by atoms with Gasteiger partial charge in [0.15, 0.2) is 0 Å². The third-order valence-corrected chi connectivity index (χ3v) is 7.34. The van der Waals surface area contributed by atoms with Crippen molar-refractivity contribution in [3.63, 3.8) is 0 Å². The van der Waals surface area contributed by atoms with E-state index in [9.17, 15) is 8.77 Å². The molecule has 0 amide bonds. The molecule has 128 valence electrons. The zero-order chi connectivity index (χ0) is 17.4. The van der Waals surface area contributed by atoms with Crippen molar-refractivity contribution in [2.75, 3.05) is 13.2 Å². The fourth-order valence-electron chi connectivity index (χ4n) is 2.10. The Bertz CT molecular complexity index is 734. The molecule has 0 heterocycles. The van der Waals surface area contributed by atoms with Gasteiger partial charge in [-0.05, 0) is 37.6 Å². The molecule has 2 aromatic rings. The summed E-state index contributed by atoms with van der Waals surface area (Å²) in [4.78, 5) is 0.555. The van der Waals surface area contributed by atoms with Gasteiger partial charge in [-0.15, -0.1) is 0 Å². The van der Waals surface area contributed by atoms with E-state index >= 15 is 0 Å². The molecule has 2 rings (SSSR count). The first-order valence-corrected chi connectivity index (χ1v) is 10.4. The SMILES string of the molecule is CCOP(=O)(OCC)/C(=C\c1ccccc1)S(=O)c1ccccc1. The lowest BCUT2D eigenvalue weighted by Gasteiger charge is -2.19. The summed E-state index contributed by atoms with van der Waals surface area (Å²) in [5, 5.41) is 0. The van der Waals surface area contributed by atoms with Crippen LogP contribution in [0.15, 0.2) is 70.2 Å². The molecule has 0 aliphatic heterocycles. The molecule has 0 aliphatic rings. The van der Waals surface area contributed by atoms with E-state index in [2.05, 4.69) is 0 Å². The number of benzene rings is 2. The van der Waals surface area contributed by atoms with Crippen LogP contribution in [-0.2, 0) is 24.4 Å². The van der Waals surface area contributed by atoms with E-state index in [1.54, 1.807) is 44.2 Å². The first-order valence-electron chi connectivity index (χ1n) is 7.74. The fraction of sp³-hybridized carbons (Fsp3) is 0.222. The van der Waals surface area contributed by atoms with Crippen molar-refractivity contribution in [2.24, 2.45) is 0 Å². The third kappa shape index (κ3) is 4.74. The molecule has 1 atom stereocenters. The van der Waals surface area contributed by atoms with Crippen LogP contribution < -0.4 is 0 Å². The highest BCUT2D eigenvalue weighted by Gasteiger charge is 2.34. The van der Waals surface area contributed by atoms with Crippen LogP contribution in [0.1, 0.15) is 19.4 Å². The zero-order valence-electron chi connectivity index (χ0n) is 13.8. The highest BCUT2D eigenvalue weighted by atomic mass is 32.2. The first-order chi connectivity index (χ1) is 11.6. The summed E-state index contributed by atoms with van der Waals surface area (Å²) in [6, 6.07) is 18.2. The average molecular weight is 364 g/mol. The van der Waals surface area contributed by atoms with Gasteiger partial charge in [0, 0.05) is 4.90 Å². The minimum atomic E-state index is -3.66. The maximum absolute atomic E-state index is 13.2. The van der Waals surface area contributed by atoms with Crippen LogP contribution in [-0.4, -0.2) is 17.4 Å². The van der Waals surface area contributed by atoms with Crippen LogP contribution in [0.25, 0.3) is 6.08 Å². The van der Waals surface area contributed by atoms with Crippen LogP contribution in [0.3, 0.4) is 0 Å². The summed E-state index contributed by atoms with van der Waals surface area (Å²) in [7, 11) is -5.30. The Kier molecular flexibility index (Phi) is 7.13. The van der Waals surface area contributed by atoms with Crippen LogP contribution in [0.4, 0.5) is 0 Å². The summed E-state index contributed by atoms with van der Waals surface area (Å²) in [5.41, 5.74) is 0.788. The summed E-state index contributed by atoms with van der Waals surface area (Å²) >= 11 is 0. The first kappa shape index (κ1) is 18.8. The molecule has 0 radical (unpaired) electrons. The van der Waals surface area contributed by atoms with Gasteiger partial charge < -0.3 is 9.05 Å². The zero-order valence-corrected chi connectivity index (χ0v) is 15.5. The summed E-state index contributed by atoms with van der Waals surface area (Å²) in [6.45, 7) is 3.87. The van der Waals surface area contributed by atoms with E-state index in [4.69, 9.17) is 9.05 Å². The van der Waals surface area contributed by atoms with Gasteiger partial charge in [0.25, 0.3) is 0 Å². The molecule has 0 saturated carbocycles. The molecule has 2 aromatic carbocycles. The van der Waals surface area contributed by atoms with Gasteiger partial charge >= 0.3 is 7.60 Å². The number of rotatable bonds is 8. The predicted molar refractivity (Wildman–Crippen MR) is 98.1 cm³/mol. The maximum atomic E-state index is 13.2. The van der Waals surface area contributed by atoms with Gasteiger partial charge in [-0.25, -0.2) is 4.21 Å². The molecule has 0 N–H and O–H groups in total. The molecule has 0 saturated heterocycles. The normalized spacial score (nSPS) is 13.7.